The van der Waals surface area contributed by atoms with Crippen LogP contribution in [0.25, 0.3) is 10.2 Å². The molecule has 2 aromatic heterocycles. The van der Waals surface area contributed by atoms with Crippen LogP contribution in [0, 0.1) is 6.92 Å². The number of hydrogen-bond donors (Lipinski definition) is 2. The van der Waals surface area contributed by atoms with E-state index in [-0.39, 0.29) is 5.75 Å². The van der Waals surface area contributed by atoms with Gasteiger partial charge in [0, 0.05) is 10.0 Å². The molecule has 0 fully saturated rings. The number of nitrogens with zero attached hydrogens (tertiary/aromatic N) is 3. The molecule has 0 amide bonds. The first-order valence-corrected chi connectivity index (χ1v) is 8.68. The van der Waals surface area contributed by atoms with Crippen molar-refractivity contribution < 1.29 is 5.11 Å². The molecule has 2 N–H and O–H groups in total. The van der Waals surface area contributed by atoms with E-state index in [1.54, 1.807) is 29.7 Å². The number of phenols is 1. The summed E-state index contributed by atoms with van der Waals surface area (Å²) in [6, 6.07) is 3.54. The van der Waals surface area contributed by atoms with E-state index < -0.39 is 0 Å². The SMILES string of the molecule is Cc1csc2c(NN=Cc3cc(Br)cc(Br)c3O)ncnc12. The van der Waals surface area contributed by atoms with Gasteiger partial charge in [-0.2, -0.15) is 5.10 Å². The fraction of sp³-hybridized carbons (Fsp3) is 0.0714. The quantitative estimate of drug-likeness (QED) is 0.457. The Morgan fingerprint density at radius 2 is 2.14 bits per heavy atom. The fourth-order valence-electron chi connectivity index (χ4n) is 1.90. The molecule has 8 heteroatoms. The van der Waals surface area contributed by atoms with Gasteiger partial charge in [-0.15, -0.1) is 11.3 Å². The number of hydrazone groups is 1. The van der Waals surface area contributed by atoms with Gasteiger partial charge in [0.1, 0.15) is 12.1 Å². The molecule has 0 aliphatic carbocycles. The number of phenolic OH excluding ortho intramolecular Hbond substituents is 1. The molecule has 0 aliphatic rings. The van der Waals surface area contributed by atoms with Crippen LogP contribution in [0.4, 0.5) is 5.82 Å². The molecule has 0 radical (unpaired) electrons. The van der Waals surface area contributed by atoms with E-state index in [0.717, 1.165) is 20.3 Å². The molecule has 5 nitrogen and oxygen atoms in total. The Labute approximate surface area is 147 Å². The summed E-state index contributed by atoms with van der Waals surface area (Å²) in [5.74, 6) is 0.779. The first kappa shape index (κ1) is 15.4. The van der Waals surface area contributed by atoms with E-state index in [1.807, 2.05) is 12.3 Å². The Balaban J connectivity index is 1.88. The number of hydrogen-bond acceptors (Lipinski definition) is 6. The molecule has 2 heterocycles. The summed E-state index contributed by atoms with van der Waals surface area (Å²) in [5, 5.41) is 16.2. The second kappa shape index (κ2) is 6.31. The molecule has 22 heavy (non-hydrogen) atoms. The van der Waals surface area contributed by atoms with E-state index in [4.69, 9.17) is 0 Å². The molecule has 0 saturated heterocycles. The summed E-state index contributed by atoms with van der Waals surface area (Å²) in [7, 11) is 0. The van der Waals surface area contributed by atoms with Crippen molar-refractivity contribution in [3.05, 3.63) is 43.9 Å². The van der Waals surface area contributed by atoms with Crippen molar-refractivity contribution in [1.29, 1.82) is 0 Å². The third-order valence-corrected chi connectivity index (χ3v) is 5.12. The van der Waals surface area contributed by atoms with E-state index in [0.29, 0.717) is 15.9 Å². The molecule has 0 saturated carbocycles. The second-order valence-corrected chi connectivity index (χ2v) is 7.16. The van der Waals surface area contributed by atoms with Crippen LogP contribution in [0.5, 0.6) is 5.75 Å². The van der Waals surface area contributed by atoms with Crippen molar-refractivity contribution in [2.75, 3.05) is 5.43 Å². The van der Waals surface area contributed by atoms with Crippen LogP contribution >= 0.6 is 43.2 Å². The summed E-state index contributed by atoms with van der Waals surface area (Å²) < 4.78 is 2.40. The van der Waals surface area contributed by atoms with Crippen LogP contribution in [0.3, 0.4) is 0 Å². The third kappa shape index (κ3) is 2.99. The number of benzene rings is 1. The molecule has 112 valence electrons. The summed E-state index contributed by atoms with van der Waals surface area (Å²) >= 11 is 8.23. The highest BCUT2D eigenvalue weighted by molar-refractivity contribution is 9.11. The highest BCUT2D eigenvalue weighted by Gasteiger charge is 2.08. The maximum atomic E-state index is 9.98. The van der Waals surface area contributed by atoms with Crippen molar-refractivity contribution in [2.45, 2.75) is 6.92 Å². The molecular weight excluding hydrogens is 432 g/mol. The Morgan fingerprint density at radius 3 is 2.95 bits per heavy atom. The zero-order valence-electron chi connectivity index (χ0n) is 11.3. The number of nitrogens with one attached hydrogen (secondary N) is 1. The first-order valence-electron chi connectivity index (χ1n) is 6.22. The lowest BCUT2D eigenvalue weighted by molar-refractivity contribution is 0.471. The summed E-state index contributed by atoms with van der Waals surface area (Å²) in [6.45, 7) is 2.01. The number of anilines is 1. The minimum atomic E-state index is 0.133. The maximum absolute atomic E-state index is 9.98. The maximum Gasteiger partial charge on any atom is 0.167 e. The molecule has 0 spiro atoms. The van der Waals surface area contributed by atoms with Crippen molar-refractivity contribution in [1.82, 2.24) is 9.97 Å². The molecule has 3 aromatic rings. The van der Waals surface area contributed by atoms with Crippen LogP contribution in [-0.4, -0.2) is 21.3 Å². The number of aryl methyl sites for hydroxylation is 1. The molecule has 1 aromatic carbocycles. The summed E-state index contributed by atoms with van der Waals surface area (Å²) in [6.07, 6.45) is 3.05. The molecular formula is C14H10Br2N4OS. The normalized spacial score (nSPS) is 11.4. The minimum absolute atomic E-state index is 0.133. The smallest absolute Gasteiger partial charge is 0.167 e. The van der Waals surface area contributed by atoms with Crippen molar-refractivity contribution in [2.24, 2.45) is 5.10 Å². The highest BCUT2D eigenvalue weighted by atomic mass is 79.9. The number of fused-ring (bicyclic) bond motifs is 1. The van der Waals surface area contributed by atoms with Gasteiger partial charge in [-0.05, 0) is 45.9 Å². The van der Waals surface area contributed by atoms with Gasteiger partial charge < -0.3 is 5.11 Å². The lowest BCUT2D eigenvalue weighted by atomic mass is 10.2. The molecule has 0 bridgehead atoms. The number of rotatable bonds is 3. The van der Waals surface area contributed by atoms with Crippen molar-refractivity contribution >= 4 is 65.4 Å². The average Bonchev–Trinajstić information content (AvgIpc) is 2.87. The Kier molecular flexibility index (Phi) is 4.42. The van der Waals surface area contributed by atoms with Gasteiger partial charge in [-0.3, -0.25) is 5.43 Å². The largest absolute Gasteiger partial charge is 0.506 e. The second-order valence-electron chi connectivity index (χ2n) is 4.51. The topological polar surface area (TPSA) is 70.4 Å². The molecule has 0 unspecified atom stereocenters. The monoisotopic (exact) mass is 440 g/mol. The number of halogens is 2. The fourth-order valence-corrected chi connectivity index (χ4v) is 4.10. The highest BCUT2D eigenvalue weighted by Crippen LogP contribution is 2.31. The van der Waals surface area contributed by atoms with Gasteiger partial charge in [-0.1, -0.05) is 15.9 Å². The molecule has 0 aliphatic heterocycles. The van der Waals surface area contributed by atoms with Gasteiger partial charge in [-0.25, -0.2) is 9.97 Å². The zero-order valence-corrected chi connectivity index (χ0v) is 15.3. The van der Waals surface area contributed by atoms with Crippen LogP contribution in [0.1, 0.15) is 11.1 Å². The lowest BCUT2D eigenvalue weighted by Gasteiger charge is -2.03. The van der Waals surface area contributed by atoms with Crippen LogP contribution in [0.15, 0.2) is 37.9 Å². The number of aromatic hydroxyl groups is 1. The Bertz CT molecular complexity index is 879. The van der Waals surface area contributed by atoms with Gasteiger partial charge in [0.25, 0.3) is 0 Å². The van der Waals surface area contributed by atoms with E-state index in [1.165, 1.54) is 6.33 Å². The summed E-state index contributed by atoms with van der Waals surface area (Å²) in [5.41, 5.74) is 5.52. The van der Waals surface area contributed by atoms with E-state index >= 15 is 0 Å². The van der Waals surface area contributed by atoms with Gasteiger partial charge in [0.2, 0.25) is 0 Å². The Morgan fingerprint density at radius 1 is 1.32 bits per heavy atom. The first-order chi connectivity index (χ1) is 10.6. The van der Waals surface area contributed by atoms with Gasteiger partial charge >= 0.3 is 0 Å². The van der Waals surface area contributed by atoms with Gasteiger partial charge in [0.05, 0.1) is 20.9 Å². The molecule has 0 atom stereocenters. The van der Waals surface area contributed by atoms with E-state index in [2.05, 4.69) is 52.4 Å². The lowest BCUT2D eigenvalue weighted by Crippen LogP contribution is -1.95. The number of thiophene rings is 1. The molecule has 3 rings (SSSR count). The van der Waals surface area contributed by atoms with Crippen LogP contribution in [-0.2, 0) is 0 Å². The van der Waals surface area contributed by atoms with Crippen molar-refractivity contribution in [3.8, 4) is 5.75 Å². The third-order valence-electron chi connectivity index (χ3n) is 2.96. The summed E-state index contributed by atoms with van der Waals surface area (Å²) in [4.78, 5) is 8.46. The predicted octanol–water partition coefficient (Wildman–Crippen LogP) is 4.68. The zero-order chi connectivity index (χ0) is 15.7. The average molecular weight is 442 g/mol. The van der Waals surface area contributed by atoms with Crippen LogP contribution in [0.2, 0.25) is 0 Å². The van der Waals surface area contributed by atoms with E-state index in [9.17, 15) is 5.11 Å². The standard InChI is InChI=1S/C14H10Br2N4OS/c1-7-5-22-13-11(7)17-6-18-14(13)20-19-4-8-2-9(15)3-10(16)12(8)21/h2-6,21H,1H3,(H,17,18,20). The van der Waals surface area contributed by atoms with Gasteiger partial charge in [0.15, 0.2) is 5.82 Å². The predicted molar refractivity (Wildman–Crippen MR) is 96.9 cm³/mol. The van der Waals surface area contributed by atoms with Crippen molar-refractivity contribution in [3.63, 3.8) is 0 Å². The minimum Gasteiger partial charge on any atom is -0.506 e. The number of aromatic nitrogens is 2. The Hall–Kier alpha value is -1.51. The van der Waals surface area contributed by atoms with Crippen LogP contribution < -0.4 is 5.43 Å².